The van der Waals surface area contributed by atoms with Crippen LogP contribution in [0, 0.1) is 5.92 Å². The minimum Gasteiger partial charge on any atom is -0.479 e. The zero-order valence-corrected chi connectivity index (χ0v) is 12.8. The van der Waals surface area contributed by atoms with Gasteiger partial charge in [-0.05, 0) is 46.8 Å². The second-order valence-corrected chi connectivity index (χ2v) is 6.06. The maximum absolute atomic E-state index is 12.3. The molecule has 0 aromatic carbocycles. The third-order valence-corrected chi connectivity index (χ3v) is 4.44. The molecule has 2 atom stereocenters. The Morgan fingerprint density at radius 1 is 1.50 bits per heavy atom. The first-order chi connectivity index (χ1) is 9.45. The minimum atomic E-state index is -1.16. The molecule has 1 heterocycles. The van der Waals surface area contributed by atoms with Crippen LogP contribution in [0.25, 0.3) is 0 Å². The van der Waals surface area contributed by atoms with E-state index in [0.717, 1.165) is 19.3 Å². The number of carbonyl (C=O) groups is 2. The predicted octanol–water partition coefficient (Wildman–Crippen LogP) is 2.61. The van der Waals surface area contributed by atoms with Gasteiger partial charge in [-0.2, -0.15) is 0 Å². The number of halogens is 1. The molecule has 1 fully saturated rings. The second kappa shape index (κ2) is 5.91. The van der Waals surface area contributed by atoms with Gasteiger partial charge in [0.2, 0.25) is 0 Å². The van der Waals surface area contributed by atoms with Gasteiger partial charge in [-0.3, -0.25) is 4.79 Å². The lowest BCUT2D eigenvalue weighted by Gasteiger charge is -2.39. The zero-order chi connectivity index (χ0) is 14.8. The third-order valence-electron chi connectivity index (χ3n) is 4.01. The summed E-state index contributed by atoms with van der Waals surface area (Å²) >= 11 is 3.20. The van der Waals surface area contributed by atoms with Crippen molar-refractivity contribution in [1.82, 2.24) is 10.3 Å². The summed E-state index contributed by atoms with van der Waals surface area (Å²) in [6.07, 6.45) is 4.62. The largest absolute Gasteiger partial charge is 0.479 e. The first-order valence-electron chi connectivity index (χ1n) is 6.63. The number of aromatic nitrogens is 1. The fourth-order valence-electron chi connectivity index (χ4n) is 2.72. The number of pyridine rings is 1. The van der Waals surface area contributed by atoms with Gasteiger partial charge >= 0.3 is 5.97 Å². The van der Waals surface area contributed by atoms with Crippen LogP contribution in [0.2, 0.25) is 0 Å². The number of nitrogens with one attached hydrogen (secondary N) is 1. The predicted molar refractivity (Wildman–Crippen MR) is 77.4 cm³/mol. The van der Waals surface area contributed by atoms with E-state index in [9.17, 15) is 14.7 Å². The molecule has 108 valence electrons. The number of carboxylic acid groups (broad SMARTS) is 1. The van der Waals surface area contributed by atoms with Gasteiger partial charge in [0.1, 0.15) is 10.1 Å². The summed E-state index contributed by atoms with van der Waals surface area (Å²) in [6, 6.07) is 3.15. The molecule has 0 spiro atoms. The number of aliphatic carboxylic acids is 1. The van der Waals surface area contributed by atoms with Crippen molar-refractivity contribution in [2.45, 2.75) is 38.1 Å². The Morgan fingerprint density at radius 3 is 2.85 bits per heavy atom. The topological polar surface area (TPSA) is 79.3 Å². The zero-order valence-electron chi connectivity index (χ0n) is 11.2. The van der Waals surface area contributed by atoms with E-state index in [1.54, 1.807) is 12.1 Å². The summed E-state index contributed by atoms with van der Waals surface area (Å²) in [5.74, 6) is -1.40. The van der Waals surface area contributed by atoms with Gasteiger partial charge < -0.3 is 10.4 Å². The molecule has 1 aromatic heterocycles. The Hall–Kier alpha value is -1.43. The lowest BCUT2D eigenvalue weighted by Crippen LogP contribution is -2.60. The van der Waals surface area contributed by atoms with Gasteiger partial charge in [0.25, 0.3) is 5.91 Å². The molecule has 20 heavy (non-hydrogen) atoms. The van der Waals surface area contributed by atoms with Gasteiger partial charge in [0.15, 0.2) is 0 Å². The van der Waals surface area contributed by atoms with Gasteiger partial charge in [0, 0.05) is 11.8 Å². The van der Waals surface area contributed by atoms with E-state index in [1.807, 2.05) is 6.92 Å². The van der Waals surface area contributed by atoms with Crippen LogP contribution >= 0.6 is 15.9 Å². The van der Waals surface area contributed by atoms with Gasteiger partial charge in [-0.15, -0.1) is 0 Å². The average Bonchev–Trinajstić information content (AvgIpc) is 2.41. The van der Waals surface area contributed by atoms with E-state index in [4.69, 9.17) is 0 Å². The molecule has 1 aromatic rings. The number of hydrogen-bond acceptors (Lipinski definition) is 3. The number of carboxylic acids is 1. The fraction of sp³-hybridized carbons (Fsp3) is 0.500. The molecule has 1 aliphatic rings. The van der Waals surface area contributed by atoms with Crippen molar-refractivity contribution < 1.29 is 14.7 Å². The minimum absolute atomic E-state index is 0.0806. The van der Waals surface area contributed by atoms with Crippen molar-refractivity contribution in [2.75, 3.05) is 0 Å². The Bertz CT molecular complexity index is 535. The van der Waals surface area contributed by atoms with Gasteiger partial charge in [0.05, 0.1) is 0 Å². The summed E-state index contributed by atoms with van der Waals surface area (Å²) in [4.78, 5) is 27.9. The molecular formula is C14H17BrN2O3. The number of carbonyl (C=O) groups excluding carboxylic acids is 1. The molecule has 2 rings (SSSR count). The molecule has 2 unspecified atom stereocenters. The van der Waals surface area contributed by atoms with Crippen LogP contribution in [0.5, 0.6) is 0 Å². The van der Waals surface area contributed by atoms with E-state index >= 15 is 0 Å². The van der Waals surface area contributed by atoms with Crippen LogP contribution < -0.4 is 5.32 Å². The molecule has 5 nitrogen and oxygen atoms in total. The average molecular weight is 341 g/mol. The molecule has 6 heteroatoms. The Balaban J connectivity index is 2.24. The third kappa shape index (κ3) is 2.85. The van der Waals surface area contributed by atoms with Crippen molar-refractivity contribution in [3.8, 4) is 0 Å². The highest BCUT2D eigenvalue weighted by molar-refractivity contribution is 9.10. The fourth-order valence-corrected chi connectivity index (χ4v) is 3.09. The van der Waals surface area contributed by atoms with Crippen molar-refractivity contribution in [1.29, 1.82) is 0 Å². The lowest BCUT2D eigenvalue weighted by atomic mass is 9.73. The smallest absolute Gasteiger partial charge is 0.329 e. The standard InChI is InChI=1S/C14H17BrN2O3/c1-9-4-2-3-6-14(9,13(19)20)17-12(18)10-5-7-16-11(15)8-10/h5,7-9H,2-4,6H2,1H3,(H,17,18)(H,19,20). The van der Waals surface area contributed by atoms with Crippen LogP contribution in [0.4, 0.5) is 0 Å². The highest BCUT2D eigenvalue weighted by Gasteiger charge is 2.46. The Labute approximate surface area is 125 Å². The highest BCUT2D eigenvalue weighted by atomic mass is 79.9. The van der Waals surface area contributed by atoms with Gasteiger partial charge in [-0.1, -0.05) is 19.8 Å². The summed E-state index contributed by atoms with van der Waals surface area (Å²) in [6.45, 7) is 1.88. The molecule has 0 saturated heterocycles. The Morgan fingerprint density at radius 2 is 2.25 bits per heavy atom. The molecule has 1 aliphatic carbocycles. The SMILES string of the molecule is CC1CCCCC1(NC(=O)c1ccnc(Br)c1)C(=O)O. The molecular weight excluding hydrogens is 324 g/mol. The van der Waals surface area contributed by atoms with E-state index < -0.39 is 11.5 Å². The molecule has 1 amide bonds. The van der Waals surface area contributed by atoms with Crippen molar-refractivity contribution in [3.05, 3.63) is 28.5 Å². The summed E-state index contributed by atoms with van der Waals surface area (Å²) in [7, 11) is 0. The number of nitrogens with zero attached hydrogens (tertiary/aromatic N) is 1. The maximum Gasteiger partial charge on any atom is 0.329 e. The van der Waals surface area contributed by atoms with E-state index in [1.165, 1.54) is 6.20 Å². The molecule has 0 bridgehead atoms. The number of rotatable bonds is 3. The maximum atomic E-state index is 12.3. The van der Waals surface area contributed by atoms with Crippen LogP contribution in [0.15, 0.2) is 22.9 Å². The van der Waals surface area contributed by atoms with E-state index in [2.05, 4.69) is 26.2 Å². The first-order valence-corrected chi connectivity index (χ1v) is 7.42. The number of amides is 1. The van der Waals surface area contributed by atoms with Crippen LogP contribution in [0.1, 0.15) is 43.0 Å². The van der Waals surface area contributed by atoms with Crippen LogP contribution in [0.3, 0.4) is 0 Å². The summed E-state index contributed by atoms with van der Waals surface area (Å²) in [5, 5.41) is 12.3. The quantitative estimate of drug-likeness (QED) is 0.829. The van der Waals surface area contributed by atoms with Gasteiger partial charge in [-0.25, -0.2) is 9.78 Å². The molecule has 0 aliphatic heterocycles. The van der Waals surface area contributed by atoms with E-state index in [-0.39, 0.29) is 11.8 Å². The molecule has 1 saturated carbocycles. The Kier molecular flexibility index (Phi) is 4.42. The van der Waals surface area contributed by atoms with E-state index in [0.29, 0.717) is 16.6 Å². The van der Waals surface area contributed by atoms with Crippen LogP contribution in [-0.2, 0) is 4.79 Å². The molecule has 2 N–H and O–H groups in total. The second-order valence-electron chi connectivity index (χ2n) is 5.24. The van der Waals surface area contributed by atoms with Crippen molar-refractivity contribution in [3.63, 3.8) is 0 Å². The van der Waals surface area contributed by atoms with Crippen molar-refractivity contribution in [2.24, 2.45) is 5.92 Å². The monoisotopic (exact) mass is 340 g/mol. The number of hydrogen-bond donors (Lipinski definition) is 2. The lowest BCUT2D eigenvalue weighted by molar-refractivity contribution is -0.148. The summed E-state index contributed by atoms with van der Waals surface area (Å²) < 4.78 is 0.547. The van der Waals surface area contributed by atoms with Crippen LogP contribution in [-0.4, -0.2) is 27.5 Å². The highest BCUT2D eigenvalue weighted by Crippen LogP contribution is 2.34. The molecule has 0 radical (unpaired) electrons. The first kappa shape index (κ1) is 15.0. The summed E-state index contributed by atoms with van der Waals surface area (Å²) in [5.41, 5.74) is -0.754. The van der Waals surface area contributed by atoms with Crippen molar-refractivity contribution >= 4 is 27.8 Å². The normalized spacial score (nSPS) is 26.0.